The Balaban J connectivity index is 1.93. The molecule has 0 bridgehead atoms. The number of carbonyl (C=O) groups excluding carboxylic acids is 1. The maximum atomic E-state index is 12.8. The summed E-state index contributed by atoms with van der Waals surface area (Å²) >= 11 is 0. The first-order valence-corrected chi connectivity index (χ1v) is 10.3. The number of hydrogen-bond donors (Lipinski definition) is 1. The van der Waals surface area contributed by atoms with Crippen molar-refractivity contribution in [3.05, 3.63) is 42.0 Å². The number of aryl methyl sites for hydroxylation is 1. The highest BCUT2D eigenvalue weighted by Crippen LogP contribution is 2.37. The predicted molar refractivity (Wildman–Crippen MR) is 108 cm³/mol. The minimum atomic E-state index is -3.79. The SMILES string of the molecule is COc1ccc(S(=O)(=O)Nc2ccc3c(c2)OCC(C)(C)C(=O)N3C)c(C)c1. The first-order chi connectivity index (χ1) is 13.0. The number of rotatable bonds is 4. The van der Waals surface area contributed by atoms with Gasteiger partial charge in [-0.25, -0.2) is 8.42 Å². The van der Waals surface area contributed by atoms with E-state index in [0.717, 1.165) is 0 Å². The lowest BCUT2D eigenvalue weighted by atomic mass is 9.93. The zero-order chi connectivity index (χ0) is 20.7. The molecule has 0 aromatic heterocycles. The number of nitrogens with zero attached hydrogens (tertiary/aromatic N) is 1. The normalized spacial score (nSPS) is 16.0. The number of sulfonamides is 1. The molecule has 3 rings (SSSR count). The Morgan fingerprint density at radius 2 is 1.89 bits per heavy atom. The van der Waals surface area contributed by atoms with Gasteiger partial charge in [-0.2, -0.15) is 0 Å². The Kier molecular flexibility index (Phi) is 5.01. The van der Waals surface area contributed by atoms with Gasteiger partial charge >= 0.3 is 0 Å². The molecule has 28 heavy (non-hydrogen) atoms. The van der Waals surface area contributed by atoms with Crippen molar-refractivity contribution in [3.63, 3.8) is 0 Å². The number of methoxy groups -OCH3 is 1. The summed E-state index contributed by atoms with van der Waals surface area (Å²) in [6, 6.07) is 9.65. The van der Waals surface area contributed by atoms with Crippen LogP contribution in [0.2, 0.25) is 0 Å². The van der Waals surface area contributed by atoms with Crippen molar-refractivity contribution in [2.45, 2.75) is 25.7 Å². The fourth-order valence-corrected chi connectivity index (χ4v) is 4.39. The van der Waals surface area contributed by atoms with Crippen molar-refractivity contribution < 1.29 is 22.7 Å². The van der Waals surface area contributed by atoms with Crippen LogP contribution < -0.4 is 19.1 Å². The summed E-state index contributed by atoms with van der Waals surface area (Å²) in [5, 5.41) is 0. The standard InChI is InChI=1S/C20H24N2O5S/c1-13-10-15(26-5)7-9-18(13)28(24,25)21-14-6-8-16-17(11-14)27-12-20(2,3)19(23)22(16)4/h6-11,21H,12H2,1-5H3. The van der Waals surface area contributed by atoms with E-state index in [-0.39, 0.29) is 17.4 Å². The van der Waals surface area contributed by atoms with Crippen LogP contribution >= 0.6 is 0 Å². The molecule has 2 aromatic carbocycles. The second-order valence-corrected chi connectivity index (χ2v) is 9.11. The number of ether oxygens (including phenoxy) is 2. The van der Waals surface area contributed by atoms with Crippen LogP contribution in [0.1, 0.15) is 19.4 Å². The Morgan fingerprint density at radius 3 is 2.54 bits per heavy atom. The van der Waals surface area contributed by atoms with Crippen LogP contribution in [0.3, 0.4) is 0 Å². The maximum Gasteiger partial charge on any atom is 0.262 e. The average Bonchev–Trinajstić information content (AvgIpc) is 2.71. The molecule has 7 nitrogen and oxygen atoms in total. The first kappa shape index (κ1) is 20.0. The summed E-state index contributed by atoms with van der Waals surface area (Å²) in [5.41, 5.74) is 0.854. The number of carbonyl (C=O) groups is 1. The molecule has 150 valence electrons. The van der Waals surface area contributed by atoms with Gasteiger partial charge in [0.15, 0.2) is 0 Å². The zero-order valence-corrected chi connectivity index (χ0v) is 17.4. The van der Waals surface area contributed by atoms with Gasteiger partial charge in [0.25, 0.3) is 10.0 Å². The van der Waals surface area contributed by atoms with E-state index in [4.69, 9.17) is 9.47 Å². The Hall–Kier alpha value is -2.74. The summed E-state index contributed by atoms with van der Waals surface area (Å²) < 4.78 is 39.2. The van der Waals surface area contributed by atoms with Crippen LogP contribution in [0.25, 0.3) is 0 Å². The fourth-order valence-electron chi connectivity index (χ4n) is 3.11. The van der Waals surface area contributed by atoms with Crippen molar-refractivity contribution in [1.82, 2.24) is 0 Å². The van der Waals surface area contributed by atoms with Gasteiger partial charge in [0.2, 0.25) is 5.91 Å². The van der Waals surface area contributed by atoms with Gasteiger partial charge in [-0.3, -0.25) is 9.52 Å². The maximum absolute atomic E-state index is 12.8. The summed E-state index contributed by atoms with van der Waals surface area (Å²) in [5.74, 6) is 0.978. The molecule has 0 radical (unpaired) electrons. The van der Waals surface area contributed by atoms with Gasteiger partial charge in [0, 0.05) is 13.1 Å². The van der Waals surface area contributed by atoms with E-state index in [2.05, 4.69) is 4.72 Å². The van der Waals surface area contributed by atoms with Crippen LogP contribution in [0, 0.1) is 12.3 Å². The number of hydrogen-bond acceptors (Lipinski definition) is 5. The topological polar surface area (TPSA) is 84.9 Å². The van der Waals surface area contributed by atoms with Crippen molar-refractivity contribution in [1.29, 1.82) is 0 Å². The Morgan fingerprint density at radius 1 is 1.18 bits per heavy atom. The van der Waals surface area contributed by atoms with E-state index < -0.39 is 15.4 Å². The highest BCUT2D eigenvalue weighted by Gasteiger charge is 2.36. The molecule has 1 N–H and O–H groups in total. The molecular weight excluding hydrogens is 380 g/mol. The minimum absolute atomic E-state index is 0.0616. The molecule has 1 aliphatic rings. The number of benzene rings is 2. The minimum Gasteiger partial charge on any atom is -0.497 e. The van der Waals surface area contributed by atoms with E-state index >= 15 is 0 Å². The van der Waals surface area contributed by atoms with Crippen molar-refractivity contribution >= 4 is 27.3 Å². The van der Waals surface area contributed by atoms with Crippen molar-refractivity contribution in [3.8, 4) is 11.5 Å². The Bertz CT molecular complexity index is 1030. The van der Waals surface area contributed by atoms with E-state index in [0.29, 0.717) is 28.4 Å². The summed E-state index contributed by atoms with van der Waals surface area (Å²) in [6.07, 6.45) is 0. The van der Waals surface area contributed by atoms with Crippen LogP contribution in [-0.4, -0.2) is 35.1 Å². The molecule has 0 saturated heterocycles. The van der Waals surface area contributed by atoms with E-state index in [1.54, 1.807) is 44.3 Å². The highest BCUT2D eigenvalue weighted by molar-refractivity contribution is 7.92. The number of anilines is 2. The van der Waals surface area contributed by atoms with Crippen LogP contribution in [-0.2, 0) is 14.8 Å². The summed E-state index contributed by atoms with van der Waals surface area (Å²) in [6.45, 7) is 5.54. The monoisotopic (exact) mass is 404 g/mol. The third-order valence-corrected chi connectivity index (χ3v) is 6.26. The number of fused-ring (bicyclic) bond motifs is 1. The molecule has 0 unspecified atom stereocenters. The smallest absolute Gasteiger partial charge is 0.262 e. The lowest BCUT2D eigenvalue weighted by molar-refractivity contribution is -0.127. The van der Waals surface area contributed by atoms with E-state index in [1.165, 1.54) is 18.1 Å². The second-order valence-electron chi connectivity index (χ2n) is 7.46. The molecule has 0 aliphatic carbocycles. The lowest BCUT2D eigenvalue weighted by Gasteiger charge is -2.24. The molecule has 2 aromatic rings. The summed E-state index contributed by atoms with van der Waals surface area (Å²) in [7, 11) is -0.583. The van der Waals surface area contributed by atoms with Crippen molar-refractivity contribution in [2.24, 2.45) is 5.41 Å². The van der Waals surface area contributed by atoms with Gasteiger partial charge in [-0.1, -0.05) is 0 Å². The molecule has 1 amide bonds. The molecule has 0 spiro atoms. The average molecular weight is 404 g/mol. The molecular formula is C20H24N2O5S. The number of nitrogens with one attached hydrogen (secondary N) is 1. The molecule has 8 heteroatoms. The van der Waals surface area contributed by atoms with Gasteiger partial charge in [0.05, 0.1) is 28.8 Å². The van der Waals surface area contributed by atoms with Gasteiger partial charge in [-0.05, 0) is 56.7 Å². The molecule has 1 heterocycles. The van der Waals surface area contributed by atoms with Gasteiger partial charge in [-0.15, -0.1) is 0 Å². The fraction of sp³-hybridized carbons (Fsp3) is 0.350. The van der Waals surface area contributed by atoms with Crippen LogP contribution in [0.15, 0.2) is 41.3 Å². The van der Waals surface area contributed by atoms with E-state index in [1.807, 2.05) is 13.8 Å². The van der Waals surface area contributed by atoms with Crippen molar-refractivity contribution in [2.75, 3.05) is 30.4 Å². The quantitative estimate of drug-likeness (QED) is 0.846. The number of amides is 1. The third-order valence-electron chi connectivity index (χ3n) is 4.72. The zero-order valence-electron chi connectivity index (χ0n) is 16.6. The van der Waals surface area contributed by atoms with Gasteiger partial charge in [0.1, 0.15) is 18.1 Å². The van der Waals surface area contributed by atoms with Gasteiger partial charge < -0.3 is 14.4 Å². The van der Waals surface area contributed by atoms with Crippen LogP contribution in [0.5, 0.6) is 11.5 Å². The second kappa shape index (κ2) is 7.01. The first-order valence-electron chi connectivity index (χ1n) is 8.77. The summed E-state index contributed by atoms with van der Waals surface area (Å²) in [4.78, 5) is 14.2. The molecule has 0 atom stereocenters. The lowest BCUT2D eigenvalue weighted by Crippen LogP contribution is -2.39. The molecule has 1 aliphatic heterocycles. The largest absolute Gasteiger partial charge is 0.497 e. The third kappa shape index (κ3) is 3.64. The highest BCUT2D eigenvalue weighted by atomic mass is 32.2. The van der Waals surface area contributed by atoms with E-state index in [9.17, 15) is 13.2 Å². The Labute approximate surface area is 165 Å². The molecule has 0 saturated carbocycles. The van der Waals surface area contributed by atoms with Crippen LogP contribution in [0.4, 0.5) is 11.4 Å². The molecule has 0 fully saturated rings. The predicted octanol–water partition coefficient (Wildman–Crippen LogP) is 3.19.